The van der Waals surface area contributed by atoms with Gasteiger partial charge >= 0.3 is 0 Å². The predicted octanol–water partition coefficient (Wildman–Crippen LogP) is 3.18. The van der Waals surface area contributed by atoms with E-state index in [9.17, 15) is 0 Å². The second kappa shape index (κ2) is 7.41. The van der Waals surface area contributed by atoms with E-state index in [0.717, 1.165) is 43.7 Å². The summed E-state index contributed by atoms with van der Waals surface area (Å²) in [4.78, 5) is 6.97. The largest absolute Gasteiger partial charge is 0.444 e. The molecule has 0 spiro atoms. The number of aromatic nitrogens is 1. The smallest absolute Gasteiger partial charge is 0.208 e. The maximum Gasteiger partial charge on any atom is 0.208 e. The highest BCUT2D eigenvalue weighted by atomic mass is 16.4. The molecule has 1 aromatic rings. The Morgan fingerprint density at radius 1 is 1.43 bits per heavy atom. The molecule has 1 aromatic heterocycles. The molecule has 1 N–H and O–H groups in total. The zero-order valence-corrected chi connectivity index (χ0v) is 14.1. The van der Waals surface area contributed by atoms with Crippen molar-refractivity contribution < 1.29 is 4.42 Å². The Morgan fingerprint density at radius 3 is 2.81 bits per heavy atom. The zero-order valence-electron chi connectivity index (χ0n) is 14.1. The molecule has 1 fully saturated rings. The van der Waals surface area contributed by atoms with Gasteiger partial charge in [0.2, 0.25) is 5.89 Å². The van der Waals surface area contributed by atoms with E-state index in [0.29, 0.717) is 0 Å². The minimum atomic E-state index is 0.0358. The van der Waals surface area contributed by atoms with Crippen LogP contribution in [0.15, 0.2) is 10.6 Å². The first-order chi connectivity index (χ1) is 9.99. The Bertz CT molecular complexity index is 416. The van der Waals surface area contributed by atoms with Gasteiger partial charge in [0.1, 0.15) is 5.76 Å². The average Bonchev–Trinajstić information content (AvgIpc) is 2.89. The summed E-state index contributed by atoms with van der Waals surface area (Å²) in [5.41, 5.74) is 0.0358. The van der Waals surface area contributed by atoms with Gasteiger partial charge in [0.25, 0.3) is 0 Å². The van der Waals surface area contributed by atoms with Crippen molar-refractivity contribution in [2.75, 3.05) is 26.2 Å². The molecule has 0 bridgehead atoms. The number of rotatable bonds is 6. The van der Waals surface area contributed by atoms with Crippen LogP contribution < -0.4 is 5.32 Å². The Hall–Kier alpha value is -0.870. The Labute approximate surface area is 129 Å². The number of hydrogen-bond acceptors (Lipinski definition) is 4. The third-order valence-electron chi connectivity index (χ3n) is 4.11. The van der Waals surface area contributed by atoms with E-state index < -0.39 is 0 Å². The molecule has 1 aliphatic heterocycles. The van der Waals surface area contributed by atoms with Crippen molar-refractivity contribution in [3.63, 3.8) is 0 Å². The van der Waals surface area contributed by atoms with Gasteiger partial charge in [-0.25, -0.2) is 4.98 Å². The van der Waals surface area contributed by atoms with Gasteiger partial charge in [-0.3, -0.25) is 4.90 Å². The summed E-state index contributed by atoms with van der Waals surface area (Å²) in [7, 11) is 0. The number of nitrogens with one attached hydrogen (secondary N) is 1. The van der Waals surface area contributed by atoms with Crippen LogP contribution in [0.1, 0.15) is 58.6 Å². The first kappa shape index (κ1) is 16.5. The number of oxazole rings is 1. The molecule has 1 atom stereocenters. The lowest BCUT2D eigenvalue weighted by Gasteiger charge is -2.29. The Morgan fingerprint density at radius 2 is 2.24 bits per heavy atom. The van der Waals surface area contributed by atoms with Crippen molar-refractivity contribution in [2.45, 2.75) is 58.9 Å². The summed E-state index contributed by atoms with van der Waals surface area (Å²) in [5, 5.41) is 3.50. The van der Waals surface area contributed by atoms with E-state index in [1.165, 1.54) is 25.8 Å². The van der Waals surface area contributed by atoms with Crippen LogP contribution in [0, 0.1) is 5.92 Å². The van der Waals surface area contributed by atoms with Gasteiger partial charge in [-0.1, -0.05) is 27.7 Å². The van der Waals surface area contributed by atoms with Crippen molar-refractivity contribution in [3.8, 4) is 0 Å². The molecule has 1 saturated heterocycles. The van der Waals surface area contributed by atoms with Gasteiger partial charge in [-0.15, -0.1) is 0 Å². The van der Waals surface area contributed by atoms with Gasteiger partial charge in [-0.2, -0.15) is 0 Å². The molecule has 0 saturated carbocycles. The maximum atomic E-state index is 5.95. The van der Waals surface area contributed by atoms with Crippen molar-refractivity contribution in [3.05, 3.63) is 17.8 Å². The van der Waals surface area contributed by atoms with Crippen LogP contribution in [0.3, 0.4) is 0 Å². The first-order valence-corrected chi connectivity index (χ1v) is 8.37. The highest BCUT2D eigenvalue weighted by Crippen LogP contribution is 2.23. The normalized spacial score (nSPS) is 20.1. The zero-order chi connectivity index (χ0) is 15.3. The molecule has 1 aliphatic rings. The molecule has 21 heavy (non-hydrogen) atoms. The second-order valence-corrected chi connectivity index (χ2v) is 7.32. The monoisotopic (exact) mass is 293 g/mol. The lowest BCUT2D eigenvalue weighted by molar-refractivity contribution is 0.183. The van der Waals surface area contributed by atoms with Crippen LogP contribution in [0.25, 0.3) is 0 Å². The molecule has 4 nitrogen and oxygen atoms in total. The topological polar surface area (TPSA) is 41.3 Å². The summed E-state index contributed by atoms with van der Waals surface area (Å²) in [5.74, 6) is 2.60. The fraction of sp³-hybridized carbons (Fsp3) is 0.824. The third kappa shape index (κ3) is 5.11. The number of nitrogens with zero attached hydrogens (tertiary/aromatic N) is 2. The summed E-state index contributed by atoms with van der Waals surface area (Å²) in [6.07, 6.45) is 5.71. The molecule has 4 heteroatoms. The van der Waals surface area contributed by atoms with Crippen molar-refractivity contribution >= 4 is 0 Å². The van der Waals surface area contributed by atoms with E-state index >= 15 is 0 Å². The molecule has 0 aliphatic carbocycles. The van der Waals surface area contributed by atoms with Crippen LogP contribution >= 0.6 is 0 Å². The van der Waals surface area contributed by atoms with Gasteiger partial charge < -0.3 is 9.73 Å². The Balaban J connectivity index is 1.93. The SMILES string of the molecule is CCCN(Cc1ncc(C(C)(C)C)o1)CC1CCCNC1. The molecule has 0 amide bonds. The molecule has 1 unspecified atom stereocenters. The van der Waals surface area contributed by atoms with Gasteiger partial charge in [-0.05, 0) is 44.8 Å². The minimum Gasteiger partial charge on any atom is -0.444 e. The predicted molar refractivity (Wildman–Crippen MR) is 86.4 cm³/mol. The van der Waals surface area contributed by atoms with Gasteiger partial charge in [0.15, 0.2) is 0 Å². The summed E-state index contributed by atoms with van der Waals surface area (Å²) >= 11 is 0. The summed E-state index contributed by atoms with van der Waals surface area (Å²) in [6.45, 7) is 14.1. The first-order valence-electron chi connectivity index (χ1n) is 8.37. The number of hydrogen-bond donors (Lipinski definition) is 1. The summed E-state index contributed by atoms with van der Waals surface area (Å²) < 4.78 is 5.95. The average molecular weight is 293 g/mol. The molecule has 0 aromatic carbocycles. The van der Waals surface area contributed by atoms with Gasteiger partial charge in [0, 0.05) is 12.0 Å². The standard InChI is InChI=1S/C17H31N3O/c1-5-9-20(12-14-7-6-8-18-10-14)13-16-19-11-15(21-16)17(2,3)4/h11,14,18H,5-10,12-13H2,1-4H3. The van der Waals surface area contributed by atoms with E-state index in [-0.39, 0.29) is 5.41 Å². The maximum absolute atomic E-state index is 5.95. The van der Waals surface area contributed by atoms with E-state index in [1.54, 1.807) is 0 Å². The van der Waals surface area contributed by atoms with E-state index in [2.05, 4.69) is 42.9 Å². The van der Waals surface area contributed by atoms with Crippen LogP contribution in [-0.2, 0) is 12.0 Å². The van der Waals surface area contributed by atoms with Crippen LogP contribution in [0.4, 0.5) is 0 Å². The second-order valence-electron chi connectivity index (χ2n) is 7.32. The summed E-state index contributed by atoms with van der Waals surface area (Å²) in [6, 6.07) is 0. The Kier molecular flexibility index (Phi) is 5.82. The van der Waals surface area contributed by atoms with Crippen molar-refractivity contribution in [1.29, 1.82) is 0 Å². The van der Waals surface area contributed by atoms with Crippen molar-refractivity contribution in [2.24, 2.45) is 5.92 Å². The van der Waals surface area contributed by atoms with Crippen LogP contribution in [0.5, 0.6) is 0 Å². The minimum absolute atomic E-state index is 0.0358. The quantitative estimate of drug-likeness (QED) is 0.874. The molecular weight excluding hydrogens is 262 g/mol. The van der Waals surface area contributed by atoms with Crippen LogP contribution in [0.2, 0.25) is 0 Å². The fourth-order valence-corrected chi connectivity index (χ4v) is 2.92. The third-order valence-corrected chi connectivity index (χ3v) is 4.11. The highest BCUT2D eigenvalue weighted by Gasteiger charge is 2.21. The number of piperidine rings is 1. The highest BCUT2D eigenvalue weighted by molar-refractivity contribution is 5.06. The molecule has 2 heterocycles. The van der Waals surface area contributed by atoms with E-state index in [1.807, 2.05) is 6.20 Å². The molecule has 120 valence electrons. The lowest BCUT2D eigenvalue weighted by Crippen LogP contribution is -2.38. The van der Waals surface area contributed by atoms with Crippen LogP contribution in [-0.4, -0.2) is 36.1 Å². The molecule has 2 rings (SSSR count). The van der Waals surface area contributed by atoms with Crippen molar-refractivity contribution in [1.82, 2.24) is 15.2 Å². The fourth-order valence-electron chi connectivity index (χ4n) is 2.92. The molecular formula is C17H31N3O. The van der Waals surface area contributed by atoms with E-state index in [4.69, 9.17) is 4.42 Å². The van der Waals surface area contributed by atoms with Gasteiger partial charge in [0.05, 0.1) is 12.7 Å². The lowest BCUT2D eigenvalue weighted by atomic mass is 9.94. The molecule has 0 radical (unpaired) electrons.